The molecule has 112 valence electrons. The van der Waals surface area contributed by atoms with Crippen molar-refractivity contribution in [2.24, 2.45) is 0 Å². The third-order valence-corrected chi connectivity index (χ3v) is 3.93. The van der Waals surface area contributed by atoms with E-state index in [0.717, 1.165) is 29.4 Å². The predicted molar refractivity (Wildman–Crippen MR) is 92.4 cm³/mol. The van der Waals surface area contributed by atoms with Gasteiger partial charge in [0, 0.05) is 16.1 Å². The van der Waals surface area contributed by atoms with E-state index in [-0.39, 0.29) is 6.04 Å². The second-order valence-corrected chi connectivity index (χ2v) is 6.27. The molecule has 0 saturated carbocycles. The highest BCUT2D eigenvalue weighted by molar-refractivity contribution is 6.30. The Hall–Kier alpha value is -1.02. The Labute approximate surface area is 137 Å². The summed E-state index contributed by atoms with van der Waals surface area (Å²) in [6, 6.07) is 14.6. The fraction of sp³-hybridized carbons (Fsp3) is 0.333. The molecular formula is C18H21Cl2N. The molecule has 0 aliphatic rings. The number of rotatable bonds is 6. The molecule has 2 aromatic carbocycles. The van der Waals surface area contributed by atoms with Crippen molar-refractivity contribution in [1.82, 2.24) is 5.32 Å². The lowest BCUT2D eigenvalue weighted by Crippen LogP contribution is -2.24. The van der Waals surface area contributed by atoms with Crippen LogP contribution in [0.1, 0.15) is 36.1 Å². The predicted octanol–water partition coefficient (Wildman–Crippen LogP) is 5.59. The lowest BCUT2D eigenvalue weighted by atomic mass is 9.97. The normalized spacial score (nSPS) is 12.4. The van der Waals surface area contributed by atoms with Gasteiger partial charge in [-0.05, 0) is 67.3 Å². The summed E-state index contributed by atoms with van der Waals surface area (Å²) < 4.78 is 0. The molecule has 0 bridgehead atoms. The maximum Gasteiger partial charge on any atom is 0.0411 e. The van der Waals surface area contributed by atoms with Gasteiger partial charge in [-0.15, -0.1) is 0 Å². The molecule has 2 rings (SSSR count). The standard InChI is InChI=1S/C18H21Cl2N/c1-3-8-21-18(11-14-4-6-16(19)7-5-14)15-9-13(2)10-17(20)12-15/h4-7,9-10,12,18,21H,3,8,11H2,1-2H3. The maximum absolute atomic E-state index is 6.21. The third-order valence-electron chi connectivity index (χ3n) is 3.46. The first-order valence-corrected chi connectivity index (χ1v) is 8.09. The van der Waals surface area contributed by atoms with Crippen LogP contribution in [0.25, 0.3) is 0 Å². The van der Waals surface area contributed by atoms with Crippen molar-refractivity contribution in [1.29, 1.82) is 0 Å². The molecule has 21 heavy (non-hydrogen) atoms. The topological polar surface area (TPSA) is 12.0 Å². The first kappa shape index (κ1) is 16.4. The van der Waals surface area contributed by atoms with E-state index >= 15 is 0 Å². The number of hydrogen-bond acceptors (Lipinski definition) is 1. The van der Waals surface area contributed by atoms with E-state index in [1.165, 1.54) is 16.7 Å². The van der Waals surface area contributed by atoms with Crippen LogP contribution < -0.4 is 5.32 Å². The van der Waals surface area contributed by atoms with Crippen molar-refractivity contribution in [2.45, 2.75) is 32.7 Å². The molecule has 1 atom stereocenters. The summed E-state index contributed by atoms with van der Waals surface area (Å²) in [6.07, 6.45) is 2.04. The molecule has 0 aliphatic carbocycles. The highest BCUT2D eigenvalue weighted by Gasteiger charge is 2.12. The van der Waals surface area contributed by atoms with Gasteiger partial charge in [-0.3, -0.25) is 0 Å². The molecule has 0 radical (unpaired) electrons. The van der Waals surface area contributed by atoms with Gasteiger partial charge in [-0.25, -0.2) is 0 Å². The molecule has 3 heteroatoms. The van der Waals surface area contributed by atoms with Crippen LogP contribution in [0.3, 0.4) is 0 Å². The Balaban J connectivity index is 2.22. The van der Waals surface area contributed by atoms with Crippen molar-refractivity contribution >= 4 is 23.2 Å². The van der Waals surface area contributed by atoms with Gasteiger partial charge in [-0.2, -0.15) is 0 Å². The summed E-state index contributed by atoms with van der Waals surface area (Å²) >= 11 is 12.2. The Morgan fingerprint density at radius 2 is 1.71 bits per heavy atom. The molecule has 0 heterocycles. The van der Waals surface area contributed by atoms with E-state index in [0.29, 0.717) is 0 Å². The summed E-state index contributed by atoms with van der Waals surface area (Å²) in [5.41, 5.74) is 3.70. The maximum atomic E-state index is 6.21. The number of nitrogens with one attached hydrogen (secondary N) is 1. The molecule has 2 aromatic rings. The molecule has 1 nitrogen and oxygen atoms in total. The van der Waals surface area contributed by atoms with E-state index in [1.54, 1.807) is 0 Å². The zero-order valence-corrected chi connectivity index (χ0v) is 14.0. The number of benzene rings is 2. The smallest absolute Gasteiger partial charge is 0.0411 e. The monoisotopic (exact) mass is 321 g/mol. The lowest BCUT2D eigenvalue weighted by molar-refractivity contribution is 0.529. The Morgan fingerprint density at radius 3 is 2.33 bits per heavy atom. The van der Waals surface area contributed by atoms with Gasteiger partial charge in [-0.1, -0.05) is 48.3 Å². The minimum absolute atomic E-state index is 0.267. The van der Waals surface area contributed by atoms with Gasteiger partial charge < -0.3 is 5.32 Å². The van der Waals surface area contributed by atoms with Crippen molar-refractivity contribution < 1.29 is 0 Å². The minimum atomic E-state index is 0.267. The zero-order chi connectivity index (χ0) is 15.2. The van der Waals surface area contributed by atoms with Crippen molar-refractivity contribution in [3.63, 3.8) is 0 Å². The molecule has 1 N–H and O–H groups in total. The molecular weight excluding hydrogens is 301 g/mol. The van der Waals surface area contributed by atoms with Gasteiger partial charge in [0.1, 0.15) is 0 Å². The fourth-order valence-electron chi connectivity index (χ4n) is 2.45. The summed E-state index contributed by atoms with van der Waals surface area (Å²) in [7, 11) is 0. The lowest BCUT2D eigenvalue weighted by Gasteiger charge is -2.20. The summed E-state index contributed by atoms with van der Waals surface area (Å²) in [6.45, 7) is 5.24. The van der Waals surface area contributed by atoms with Crippen molar-refractivity contribution in [3.05, 3.63) is 69.2 Å². The minimum Gasteiger partial charge on any atom is -0.310 e. The van der Waals surface area contributed by atoms with Gasteiger partial charge in [0.15, 0.2) is 0 Å². The van der Waals surface area contributed by atoms with Crippen LogP contribution >= 0.6 is 23.2 Å². The molecule has 0 fully saturated rings. The SMILES string of the molecule is CCCNC(Cc1ccc(Cl)cc1)c1cc(C)cc(Cl)c1. The fourth-order valence-corrected chi connectivity index (χ4v) is 2.87. The van der Waals surface area contributed by atoms with Crippen LogP contribution in [-0.4, -0.2) is 6.54 Å². The van der Waals surface area contributed by atoms with E-state index in [2.05, 4.69) is 43.4 Å². The molecule has 0 aliphatic heterocycles. The van der Waals surface area contributed by atoms with Gasteiger partial charge in [0.05, 0.1) is 0 Å². The van der Waals surface area contributed by atoms with Crippen LogP contribution in [0.4, 0.5) is 0 Å². The molecule has 0 amide bonds. The average molecular weight is 322 g/mol. The van der Waals surface area contributed by atoms with E-state index < -0.39 is 0 Å². The molecule has 0 spiro atoms. The summed E-state index contributed by atoms with van der Waals surface area (Å²) in [4.78, 5) is 0. The largest absolute Gasteiger partial charge is 0.310 e. The quantitative estimate of drug-likeness (QED) is 0.731. The van der Waals surface area contributed by atoms with Crippen LogP contribution in [-0.2, 0) is 6.42 Å². The van der Waals surface area contributed by atoms with Crippen molar-refractivity contribution in [3.8, 4) is 0 Å². The Bertz CT molecular complexity index is 558. The van der Waals surface area contributed by atoms with Crippen LogP contribution in [0.5, 0.6) is 0 Å². The second-order valence-electron chi connectivity index (χ2n) is 5.40. The van der Waals surface area contributed by atoms with Gasteiger partial charge in [0.25, 0.3) is 0 Å². The first-order chi connectivity index (χ1) is 10.1. The number of hydrogen-bond donors (Lipinski definition) is 1. The van der Waals surface area contributed by atoms with E-state index in [9.17, 15) is 0 Å². The zero-order valence-electron chi connectivity index (χ0n) is 12.5. The number of aryl methyl sites for hydroxylation is 1. The van der Waals surface area contributed by atoms with Crippen LogP contribution in [0.2, 0.25) is 10.0 Å². The Kier molecular flexibility index (Phi) is 6.10. The van der Waals surface area contributed by atoms with Gasteiger partial charge >= 0.3 is 0 Å². The average Bonchev–Trinajstić information content (AvgIpc) is 2.44. The molecule has 1 unspecified atom stereocenters. The third kappa shape index (κ3) is 5.03. The van der Waals surface area contributed by atoms with Crippen molar-refractivity contribution in [2.75, 3.05) is 6.54 Å². The molecule has 0 saturated heterocycles. The first-order valence-electron chi connectivity index (χ1n) is 7.33. The van der Waals surface area contributed by atoms with Crippen LogP contribution in [0.15, 0.2) is 42.5 Å². The van der Waals surface area contributed by atoms with Crippen LogP contribution in [0, 0.1) is 6.92 Å². The van der Waals surface area contributed by atoms with E-state index in [1.807, 2.05) is 18.2 Å². The number of halogens is 2. The Morgan fingerprint density at radius 1 is 1.00 bits per heavy atom. The second kappa shape index (κ2) is 7.84. The summed E-state index contributed by atoms with van der Waals surface area (Å²) in [5.74, 6) is 0. The molecule has 0 aromatic heterocycles. The highest BCUT2D eigenvalue weighted by Crippen LogP contribution is 2.24. The highest BCUT2D eigenvalue weighted by atomic mass is 35.5. The summed E-state index contributed by atoms with van der Waals surface area (Å²) in [5, 5.41) is 5.18. The van der Waals surface area contributed by atoms with Gasteiger partial charge in [0.2, 0.25) is 0 Å². The van der Waals surface area contributed by atoms with E-state index in [4.69, 9.17) is 23.2 Å².